The van der Waals surface area contributed by atoms with Crippen LogP contribution in [0.2, 0.25) is 0 Å². The lowest BCUT2D eigenvalue weighted by atomic mass is 10.1. The molecule has 0 bridgehead atoms. The van der Waals surface area contributed by atoms with E-state index in [2.05, 4.69) is 37.5 Å². The summed E-state index contributed by atoms with van der Waals surface area (Å²) in [6.45, 7) is 7.12. The fourth-order valence-electron chi connectivity index (χ4n) is 2.35. The monoisotopic (exact) mass is 289 g/mol. The van der Waals surface area contributed by atoms with Crippen molar-refractivity contribution in [3.8, 4) is 0 Å². The van der Waals surface area contributed by atoms with Crippen molar-refractivity contribution >= 4 is 11.7 Å². The number of carbonyl (C=O) groups is 1. The first-order valence-corrected chi connectivity index (χ1v) is 7.86. The van der Waals surface area contributed by atoms with Gasteiger partial charge < -0.3 is 15.5 Å². The zero-order valence-electron chi connectivity index (χ0n) is 13.5. The Morgan fingerprint density at radius 3 is 2.62 bits per heavy atom. The summed E-state index contributed by atoms with van der Waals surface area (Å²) < 4.78 is 0. The minimum absolute atomic E-state index is 0.00570. The molecule has 1 atom stereocenters. The lowest BCUT2D eigenvalue weighted by molar-refractivity contribution is 0.194. The molecule has 1 aliphatic rings. The van der Waals surface area contributed by atoms with Crippen molar-refractivity contribution in [3.05, 3.63) is 29.8 Å². The molecule has 0 spiro atoms. The van der Waals surface area contributed by atoms with Gasteiger partial charge in [-0.1, -0.05) is 12.1 Å². The van der Waals surface area contributed by atoms with Crippen LogP contribution in [0.5, 0.6) is 0 Å². The normalized spacial score (nSPS) is 15.9. The van der Waals surface area contributed by atoms with Crippen LogP contribution in [0.3, 0.4) is 0 Å². The van der Waals surface area contributed by atoms with E-state index in [-0.39, 0.29) is 18.1 Å². The van der Waals surface area contributed by atoms with Crippen molar-refractivity contribution in [1.82, 2.24) is 10.2 Å². The largest absolute Gasteiger partial charge is 0.322 e. The lowest BCUT2D eigenvalue weighted by Gasteiger charge is -2.27. The average Bonchev–Trinajstić information content (AvgIpc) is 3.27. The summed E-state index contributed by atoms with van der Waals surface area (Å²) in [7, 11) is 1.94. The van der Waals surface area contributed by atoms with Crippen LogP contribution >= 0.6 is 0 Å². The summed E-state index contributed by atoms with van der Waals surface area (Å²) in [6.07, 6.45) is 2.51. The Morgan fingerprint density at radius 2 is 2.05 bits per heavy atom. The summed E-state index contributed by atoms with van der Waals surface area (Å²) in [4.78, 5) is 14.4. The molecular formula is C17H27N3O. The van der Waals surface area contributed by atoms with Gasteiger partial charge in [0.2, 0.25) is 0 Å². The number of hydrogen-bond donors (Lipinski definition) is 2. The highest BCUT2D eigenvalue weighted by atomic mass is 16.2. The van der Waals surface area contributed by atoms with E-state index in [1.54, 1.807) is 0 Å². The van der Waals surface area contributed by atoms with Crippen LogP contribution in [0.15, 0.2) is 24.3 Å². The maximum atomic E-state index is 12.5. The lowest BCUT2D eigenvalue weighted by Crippen LogP contribution is -2.41. The second-order valence-corrected chi connectivity index (χ2v) is 6.26. The highest BCUT2D eigenvalue weighted by molar-refractivity contribution is 5.89. The number of rotatable bonds is 6. The van der Waals surface area contributed by atoms with Gasteiger partial charge in [0.1, 0.15) is 0 Å². The van der Waals surface area contributed by atoms with Crippen LogP contribution in [0.25, 0.3) is 0 Å². The van der Waals surface area contributed by atoms with E-state index in [1.165, 1.54) is 18.4 Å². The number of carbonyl (C=O) groups excluding carboxylic acids is 1. The van der Waals surface area contributed by atoms with Crippen molar-refractivity contribution in [3.63, 3.8) is 0 Å². The topological polar surface area (TPSA) is 44.4 Å². The number of hydrogen-bond acceptors (Lipinski definition) is 2. The molecule has 1 unspecified atom stereocenters. The maximum absolute atomic E-state index is 12.5. The van der Waals surface area contributed by atoms with E-state index < -0.39 is 0 Å². The van der Waals surface area contributed by atoms with Gasteiger partial charge in [-0.15, -0.1) is 0 Å². The minimum Gasteiger partial charge on any atom is -0.322 e. The fraction of sp³-hybridized carbons (Fsp3) is 0.588. The van der Waals surface area contributed by atoms with Crippen LogP contribution in [-0.2, 0) is 0 Å². The van der Waals surface area contributed by atoms with Crippen LogP contribution in [-0.4, -0.2) is 30.6 Å². The van der Waals surface area contributed by atoms with Crippen LogP contribution in [0.4, 0.5) is 10.5 Å². The first-order valence-electron chi connectivity index (χ1n) is 7.86. The first kappa shape index (κ1) is 15.8. The molecular weight excluding hydrogens is 262 g/mol. The Kier molecular flexibility index (Phi) is 5.23. The molecule has 1 aromatic rings. The average molecular weight is 289 g/mol. The molecule has 1 aliphatic carbocycles. The molecule has 1 fully saturated rings. The quantitative estimate of drug-likeness (QED) is 0.840. The number of nitrogens with one attached hydrogen (secondary N) is 2. The van der Waals surface area contributed by atoms with Crippen LogP contribution in [0.1, 0.15) is 45.2 Å². The molecule has 116 valence electrons. The van der Waals surface area contributed by atoms with Gasteiger partial charge in [-0.3, -0.25) is 0 Å². The second-order valence-electron chi connectivity index (χ2n) is 6.26. The molecule has 0 radical (unpaired) electrons. The van der Waals surface area contributed by atoms with E-state index in [0.29, 0.717) is 5.92 Å². The van der Waals surface area contributed by atoms with E-state index in [0.717, 1.165) is 12.2 Å². The van der Waals surface area contributed by atoms with Gasteiger partial charge in [-0.25, -0.2) is 4.79 Å². The van der Waals surface area contributed by atoms with Gasteiger partial charge >= 0.3 is 6.03 Å². The Morgan fingerprint density at radius 1 is 1.33 bits per heavy atom. The third-order valence-corrected chi connectivity index (χ3v) is 4.11. The van der Waals surface area contributed by atoms with Gasteiger partial charge in [0, 0.05) is 24.3 Å². The Hall–Kier alpha value is -1.55. The van der Waals surface area contributed by atoms with Crippen molar-refractivity contribution in [2.75, 3.05) is 18.9 Å². The third-order valence-electron chi connectivity index (χ3n) is 4.11. The molecule has 2 rings (SSSR count). The van der Waals surface area contributed by atoms with E-state index in [9.17, 15) is 4.79 Å². The number of anilines is 1. The molecule has 0 aromatic heterocycles. The molecule has 2 N–H and O–H groups in total. The predicted octanol–water partition coefficient (Wildman–Crippen LogP) is 3.62. The Bertz CT molecular complexity index is 483. The maximum Gasteiger partial charge on any atom is 0.322 e. The highest BCUT2D eigenvalue weighted by Gasteiger charge is 2.28. The molecule has 21 heavy (non-hydrogen) atoms. The summed E-state index contributed by atoms with van der Waals surface area (Å²) in [5.74, 6) is 0.703. The zero-order chi connectivity index (χ0) is 15.4. The second kappa shape index (κ2) is 6.94. The van der Waals surface area contributed by atoms with E-state index >= 15 is 0 Å². The molecule has 4 nitrogen and oxygen atoms in total. The van der Waals surface area contributed by atoms with Crippen LogP contribution < -0.4 is 10.6 Å². The van der Waals surface area contributed by atoms with Crippen molar-refractivity contribution in [2.45, 2.75) is 45.7 Å². The number of nitrogens with zero attached hydrogens (tertiary/aromatic N) is 1. The molecule has 0 aliphatic heterocycles. The summed E-state index contributed by atoms with van der Waals surface area (Å²) in [6, 6.07) is 8.54. The zero-order valence-corrected chi connectivity index (χ0v) is 13.5. The molecule has 0 heterocycles. The highest BCUT2D eigenvalue weighted by Crippen LogP contribution is 2.30. The predicted molar refractivity (Wildman–Crippen MR) is 87.5 cm³/mol. The Labute approximate surface area is 127 Å². The third kappa shape index (κ3) is 4.46. The van der Waals surface area contributed by atoms with E-state index in [4.69, 9.17) is 0 Å². The molecule has 0 saturated heterocycles. The van der Waals surface area contributed by atoms with Gasteiger partial charge in [-0.2, -0.15) is 0 Å². The summed E-state index contributed by atoms with van der Waals surface area (Å²) in [5.41, 5.74) is 2.04. The van der Waals surface area contributed by atoms with Crippen molar-refractivity contribution in [1.29, 1.82) is 0 Å². The summed E-state index contributed by atoms with van der Waals surface area (Å²) >= 11 is 0. The van der Waals surface area contributed by atoms with Gasteiger partial charge in [0.15, 0.2) is 0 Å². The fourth-order valence-corrected chi connectivity index (χ4v) is 2.35. The molecule has 1 aromatic carbocycles. The van der Waals surface area contributed by atoms with Crippen molar-refractivity contribution in [2.24, 2.45) is 5.92 Å². The van der Waals surface area contributed by atoms with E-state index in [1.807, 2.05) is 30.1 Å². The molecule has 2 amide bonds. The number of urea groups is 1. The van der Waals surface area contributed by atoms with Gasteiger partial charge in [0.05, 0.1) is 0 Å². The Balaban J connectivity index is 2.03. The summed E-state index contributed by atoms with van der Waals surface area (Å²) in [5, 5.41) is 6.25. The smallest absolute Gasteiger partial charge is 0.322 e. The van der Waals surface area contributed by atoms with Crippen molar-refractivity contribution < 1.29 is 4.79 Å². The van der Waals surface area contributed by atoms with Gasteiger partial charge in [0.25, 0.3) is 0 Å². The minimum atomic E-state index is 0.00570. The molecule has 4 heteroatoms. The van der Waals surface area contributed by atoms with Crippen LogP contribution in [0, 0.1) is 5.92 Å². The SMILES string of the molecule is CNC(C)c1cccc(NC(=O)N(CC2CC2)C(C)C)c1. The first-order chi connectivity index (χ1) is 10.0. The molecule has 1 saturated carbocycles. The standard InChI is InChI=1S/C17H27N3O/c1-12(2)20(11-14-8-9-14)17(21)19-16-7-5-6-15(10-16)13(3)18-4/h5-7,10,12-14,18H,8-9,11H2,1-4H3,(H,19,21). The number of benzene rings is 1. The number of amides is 2. The van der Waals surface area contributed by atoms with Gasteiger partial charge in [-0.05, 0) is 64.3 Å².